The van der Waals surface area contributed by atoms with Gasteiger partial charge in [0.1, 0.15) is 11.4 Å². The second-order valence-corrected chi connectivity index (χ2v) is 7.58. The number of amides is 2. The first-order valence-electron chi connectivity index (χ1n) is 10.1. The van der Waals surface area contributed by atoms with Crippen LogP contribution < -0.4 is 14.5 Å². The zero-order chi connectivity index (χ0) is 23.9. The molecule has 0 unspecified atom stereocenters. The van der Waals surface area contributed by atoms with Gasteiger partial charge in [-0.25, -0.2) is 4.68 Å². The number of methoxy groups -OCH3 is 1. The number of benzene rings is 2. The smallest absolute Gasteiger partial charge is 0.435 e. The fraction of sp³-hybridized carbons (Fsp3) is 0.261. The van der Waals surface area contributed by atoms with Crippen LogP contribution in [0.5, 0.6) is 5.75 Å². The lowest BCUT2D eigenvalue weighted by molar-refractivity contribution is -0.142. The minimum Gasteiger partial charge on any atom is -0.497 e. The molecule has 0 saturated heterocycles. The molecule has 0 atom stereocenters. The summed E-state index contributed by atoms with van der Waals surface area (Å²) in [4.78, 5) is 27.8. The van der Waals surface area contributed by atoms with Gasteiger partial charge < -0.3 is 14.5 Å². The van der Waals surface area contributed by atoms with Crippen molar-refractivity contribution < 1.29 is 27.5 Å². The molecule has 172 valence electrons. The summed E-state index contributed by atoms with van der Waals surface area (Å²) in [5.41, 5.74) is 0.175. The van der Waals surface area contributed by atoms with Crippen LogP contribution in [0.3, 0.4) is 0 Å². The van der Waals surface area contributed by atoms with Crippen LogP contribution in [0, 0.1) is 0 Å². The molecule has 0 N–H and O–H groups in total. The van der Waals surface area contributed by atoms with E-state index in [2.05, 4.69) is 5.10 Å². The Hall–Kier alpha value is -3.82. The molecule has 1 aliphatic heterocycles. The van der Waals surface area contributed by atoms with E-state index in [-0.39, 0.29) is 30.1 Å². The van der Waals surface area contributed by atoms with Gasteiger partial charge in [0.2, 0.25) is 5.91 Å². The molecule has 0 spiro atoms. The maximum Gasteiger partial charge on any atom is 0.435 e. The molecule has 1 aliphatic rings. The highest BCUT2D eigenvalue weighted by Gasteiger charge is 2.43. The highest BCUT2D eigenvalue weighted by molar-refractivity contribution is 6.07. The lowest BCUT2D eigenvalue weighted by Crippen LogP contribution is -2.39. The average Bonchev–Trinajstić information content (AvgIpc) is 3.20. The summed E-state index contributed by atoms with van der Waals surface area (Å²) in [7, 11) is 3.11. The molecule has 4 rings (SSSR count). The first-order valence-corrected chi connectivity index (χ1v) is 10.1. The zero-order valence-electron chi connectivity index (χ0n) is 18.2. The number of hydrogen-bond donors (Lipinski definition) is 0. The van der Waals surface area contributed by atoms with E-state index >= 15 is 0 Å². The quantitative estimate of drug-likeness (QED) is 0.591. The van der Waals surface area contributed by atoms with E-state index in [1.54, 1.807) is 55.6 Å². The Balaban J connectivity index is 1.76. The van der Waals surface area contributed by atoms with Crippen molar-refractivity contribution in [3.63, 3.8) is 0 Å². The van der Waals surface area contributed by atoms with Crippen molar-refractivity contribution in [3.05, 3.63) is 65.5 Å². The van der Waals surface area contributed by atoms with Gasteiger partial charge in [0.25, 0.3) is 5.91 Å². The molecular weight excluding hydrogens is 437 g/mol. The Labute approximate surface area is 188 Å². The molecule has 0 saturated carbocycles. The normalized spacial score (nSPS) is 13.6. The third-order valence-electron chi connectivity index (χ3n) is 5.62. The SMILES string of the molecule is COc1ccc(-n2nc(C(F)(F)F)c3c2C(=O)N(c2ccc(N(C)C(C)=O)cc2)CC3)cc1. The lowest BCUT2D eigenvalue weighted by Gasteiger charge is -2.28. The van der Waals surface area contributed by atoms with Crippen LogP contribution in [-0.2, 0) is 17.4 Å². The van der Waals surface area contributed by atoms with E-state index in [1.165, 1.54) is 23.8 Å². The minimum absolute atomic E-state index is 0.00116. The van der Waals surface area contributed by atoms with Crippen LogP contribution in [0.25, 0.3) is 5.69 Å². The number of carbonyl (C=O) groups excluding carboxylic acids is 2. The maximum atomic E-state index is 13.7. The molecule has 2 heterocycles. The fourth-order valence-corrected chi connectivity index (χ4v) is 3.78. The third-order valence-corrected chi connectivity index (χ3v) is 5.62. The first kappa shape index (κ1) is 22.4. The number of alkyl halides is 3. The number of aromatic nitrogens is 2. The van der Waals surface area contributed by atoms with Gasteiger partial charge in [-0.2, -0.15) is 18.3 Å². The summed E-state index contributed by atoms with van der Waals surface area (Å²) in [6.07, 6.45) is -4.69. The van der Waals surface area contributed by atoms with Crippen LogP contribution in [0.1, 0.15) is 28.7 Å². The van der Waals surface area contributed by atoms with Gasteiger partial charge >= 0.3 is 6.18 Å². The topological polar surface area (TPSA) is 67.7 Å². The highest BCUT2D eigenvalue weighted by Crippen LogP contribution is 2.37. The minimum atomic E-state index is -4.69. The van der Waals surface area contributed by atoms with Crippen molar-refractivity contribution in [2.24, 2.45) is 0 Å². The van der Waals surface area contributed by atoms with E-state index in [4.69, 9.17) is 4.74 Å². The van der Waals surface area contributed by atoms with Gasteiger partial charge in [0, 0.05) is 37.5 Å². The summed E-state index contributed by atoms with van der Waals surface area (Å²) in [6, 6.07) is 13.0. The number of fused-ring (bicyclic) bond motifs is 1. The zero-order valence-corrected chi connectivity index (χ0v) is 18.2. The van der Waals surface area contributed by atoms with E-state index in [0.29, 0.717) is 22.8 Å². The van der Waals surface area contributed by atoms with Gasteiger partial charge in [0.15, 0.2) is 5.69 Å². The van der Waals surface area contributed by atoms with Crippen molar-refractivity contribution in [1.29, 1.82) is 0 Å². The van der Waals surface area contributed by atoms with E-state index in [1.807, 2.05) is 0 Å². The van der Waals surface area contributed by atoms with Crippen LogP contribution in [0.2, 0.25) is 0 Å². The second kappa shape index (κ2) is 8.27. The molecule has 2 amide bonds. The number of rotatable bonds is 4. The van der Waals surface area contributed by atoms with E-state index in [0.717, 1.165) is 4.68 Å². The number of halogens is 3. The summed E-state index contributed by atoms with van der Waals surface area (Å²) in [5, 5.41) is 3.78. The summed E-state index contributed by atoms with van der Waals surface area (Å²) >= 11 is 0. The summed E-state index contributed by atoms with van der Waals surface area (Å²) in [5.74, 6) is -0.202. The summed E-state index contributed by atoms with van der Waals surface area (Å²) < 4.78 is 47.3. The van der Waals surface area contributed by atoms with E-state index < -0.39 is 17.8 Å². The van der Waals surface area contributed by atoms with Crippen molar-refractivity contribution in [2.75, 3.05) is 30.5 Å². The molecule has 1 aromatic heterocycles. The van der Waals surface area contributed by atoms with Crippen molar-refractivity contribution in [3.8, 4) is 11.4 Å². The summed E-state index contributed by atoms with van der Waals surface area (Å²) in [6.45, 7) is 1.51. The standard InChI is InChI=1S/C23H21F3N4O3/c1-14(31)28(2)15-4-6-16(7-5-15)29-13-12-19-20(22(29)32)30(27-21(19)23(24,25)26)17-8-10-18(33-3)11-9-17/h4-11H,12-13H2,1-3H3. The predicted molar refractivity (Wildman–Crippen MR) is 116 cm³/mol. The van der Waals surface area contributed by atoms with Crippen molar-refractivity contribution >= 4 is 23.2 Å². The Morgan fingerprint density at radius 3 is 2.21 bits per heavy atom. The van der Waals surface area contributed by atoms with Crippen molar-refractivity contribution in [2.45, 2.75) is 19.5 Å². The third kappa shape index (κ3) is 4.04. The van der Waals surface area contributed by atoms with Gasteiger partial charge in [0.05, 0.1) is 12.8 Å². The number of nitrogens with zero attached hydrogens (tertiary/aromatic N) is 4. The molecule has 0 radical (unpaired) electrons. The van der Waals surface area contributed by atoms with Gasteiger partial charge in [-0.15, -0.1) is 0 Å². The van der Waals surface area contributed by atoms with Gasteiger partial charge in [-0.1, -0.05) is 0 Å². The molecule has 10 heteroatoms. The van der Waals surface area contributed by atoms with Gasteiger partial charge in [-0.3, -0.25) is 9.59 Å². The van der Waals surface area contributed by atoms with Crippen molar-refractivity contribution in [1.82, 2.24) is 9.78 Å². The Kier molecular flexibility index (Phi) is 5.61. The fourth-order valence-electron chi connectivity index (χ4n) is 3.78. The number of anilines is 2. The first-order chi connectivity index (χ1) is 15.6. The number of carbonyl (C=O) groups is 2. The molecule has 3 aromatic rings. The van der Waals surface area contributed by atoms with Crippen LogP contribution in [0.4, 0.5) is 24.5 Å². The highest BCUT2D eigenvalue weighted by atomic mass is 19.4. The molecule has 2 aromatic carbocycles. The maximum absolute atomic E-state index is 13.7. The van der Waals surface area contributed by atoms with Gasteiger partial charge in [-0.05, 0) is 55.0 Å². The predicted octanol–water partition coefficient (Wildman–Crippen LogP) is 4.09. The van der Waals surface area contributed by atoms with Crippen LogP contribution in [0.15, 0.2) is 48.5 Å². The second-order valence-electron chi connectivity index (χ2n) is 7.58. The molecular formula is C23H21F3N4O3. The number of hydrogen-bond acceptors (Lipinski definition) is 4. The van der Waals surface area contributed by atoms with Crippen LogP contribution >= 0.6 is 0 Å². The Bertz CT molecular complexity index is 1200. The molecule has 7 nitrogen and oxygen atoms in total. The largest absolute Gasteiger partial charge is 0.497 e. The molecule has 0 aliphatic carbocycles. The molecule has 0 bridgehead atoms. The van der Waals surface area contributed by atoms with Crippen LogP contribution in [-0.4, -0.2) is 42.3 Å². The van der Waals surface area contributed by atoms with E-state index in [9.17, 15) is 22.8 Å². The molecule has 0 fully saturated rings. The number of ether oxygens (including phenoxy) is 1. The Morgan fingerprint density at radius 1 is 1.06 bits per heavy atom. The Morgan fingerprint density at radius 2 is 1.67 bits per heavy atom. The monoisotopic (exact) mass is 458 g/mol. The average molecular weight is 458 g/mol. The molecule has 33 heavy (non-hydrogen) atoms. The lowest BCUT2D eigenvalue weighted by atomic mass is 10.0.